The zero-order chi connectivity index (χ0) is 20.3. The summed E-state index contributed by atoms with van der Waals surface area (Å²) >= 11 is 0. The Bertz CT molecular complexity index is 885. The van der Waals surface area contributed by atoms with Crippen LogP contribution < -0.4 is 15.4 Å². The van der Waals surface area contributed by atoms with E-state index >= 15 is 0 Å². The Morgan fingerprint density at radius 1 is 1.32 bits per heavy atom. The molecule has 0 unspecified atom stereocenters. The van der Waals surface area contributed by atoms with E-state index in [1.54, 1.807) is 13.2 Å². The lowest BCUT2D eigenvalue weighted by atomic mass is 10.1. The van der Waals surface area contributed by atoms with E-state index < -0.39 is 39.8 Å². The molecule has 2 heterocycles. The molecule has 28 heavy (non-hydrogen) atoms. The number of sulfone groups is 1. The third-order valence-electron chi connectivity index (χ3n) is 4.89. The first-order valence-electron chi connectivity index (χ1n) is 9.02. The fraction of sp³-hybridized carbons (Fsp3) is 0.500. The average Bonchev–Trinajstić information content (AvgIpc) is 3.11. The first-order valence-corrected chi connectivity index (χ1v) is 10.8. The van der Waals surface area contributed by atoms with Crippen LogP contribution in [0.5, 0.6) is 5.75 Å². The van der Waals surface area contributed by atoms with Gasteiger partial charge in [-0.25, -0.2) is 13.2 Å². The van der Waals surface area contributed by atoms with E-state index in [0.29, 0.717) is 18.6 Å². The van der Waals surface area contributed by atoms with Crippen LogP contribution in [-0.2, 0) is 25.8 Å². The van der Waals surface area contributed by atoms with Crippen LogP contribution in [0.15, 0.2) is 24.3 Å². The number of benzene rings is 1. The number of nitrogens with zero attached hydrogens (tertiary/aromatic N) is 1. The van der Waals surface area contributed by atoms with Crippen molar-refractivity contribution in [1.29, 1.82) is 0 Å². The first-order chi connectivity index (χ1) is 13.3. The van der Waals surface area contributed by atoms with Gasteiger partial charge in [0.25, 0.3) is 5.91 Å². The van der Waals surface area contributed by atoms with Crippen LogP contribution in [0.25, 0.3) is 0 Å². The highest BCUT2D eigenvalue weighted by Crippen LogP contribution is 2.19. The number of carbonyl (C=O) groups is 3. The molecular weight excluding hydrogens is 386 g/mol. The van der Waals surface area contributed by atoms with Crippen LogP contribution in [0.2, 0.25) is 0 Å². The highest BCUT2D eigenvalue weighted by Gasteiger charge is 2.39. The van der Waals surface area contributed by atoms with Crippen molar-refractivity contribution in [3.63, 3.8) is 0 Å². The van der Waals surface area contributed by atoms with Gasteiger partial charge in [-0.3, -0.25) is 14.5 Å². The summed E-state index contributed by atoms with van der Waals surface area (Å²) in [5.74, 6) is -0.277. The lowest BCUT2D eigenvalue weighted by molar-refractivity contribution is -0.131. The number of imide groups is 1. The Balaban J connectivity index is 1.53. The molecule has 4 amide bonds. The standard InChI is InChI=1S/C18H23N3O6S/c1-27-15-5-3-2-4-12(15)6-8-21-17(23)14(20-18(21)24)10-16(22)19-13-7-9-28(25,26)11-13/h2-5,13-14H,6-11H2,1H3,(H,19,22)(H,20,24)/t13-,14+/m1/s1. The first kappa shape index (κ1) is 20.1. The Hall–Kier alpha value is -2.62. The Morgan fingerprint density at radius 2 is 2.07 bits per heavy atom. The van der Waals surface area contributed by atoms with Crippen LogP contribution >= 0.6 is 0 Å². The van der Waals surface area contributed by atoms with Crippen LogP contribution in [0.3, 0.4) is 0 Å². The van der Waals surface area contributed by atoms with Gasteiger partial charge in [0, 0.05) is 12.6 Å². The molecule has 9 nitrogen and oxygen atoms in total. The number of ether oxygens (including phenoxy) is 1. The van der Waals surface area contributed by atoms with E-state index in [1.807, 2.05) is 18.2 Å². The Morgan fingerprint density at radius 3 is 2.75 bits per heavy atom. The zero-order valence-corrected chi connectivity index (χ0v) is 16.3. The third-order valence-corrected chi connectivity index (χ3v) is 6.66. The number of hydrogen-bond donors (Lipinski definition) is 2. The summed E-state index contributed by atoms with van der Waals surface area (Å²) in [5, 5.41) is 5.15. The molecule has 2 N–H and O–H groups in total. The number of amides is 4. The summed E-state index contributed by atoms with van der Waals surface area (Å²) in [6.45, 7) is 0.171. The second-order valence-corrected chi connectivity index (χ2v) is 9.15. The third kappa shape index (κ3) is 4.61. The van der Waals surface area contributed by atoms with Gasteiger partial charge >= 0.3 is 6.03 Å². The van der Waals surface area contributed by atoms with Crippen molar-refractivity contribution in [3.05, 3.63) is 29.8 Å². The van der Waals surface area contributed by atoms with Gasteiger partial charge in [0.1, 0.15) is 11.8 Å². The molecule has 1 aromatic carbocycles. The van der Waals surface area contributed by atoms with Crippen LogP contribution in [0.4, 0.5) is 4.79 Å². The second-order valence-electron chi connectivity index (χ2n) is 6.93. The number of carbonyl (C=O) groups excluding carboxylic acids is 3. The van der Waals surface area contributed by atoms with E-state index in [-0.39, 0.29) is 24.5 Å². The van der Waals surface area contributed by atoms with Crippen LogP contribution in [0.1, 0.15) is 18.4 Å². The molecule has 10 heteroatoms. The Labute approximate surface area is 163 Å². The molecule has 2 aliphatic heterocycles. The SMILES string of the molecule is COc1ccccc1CCN1C(=O)N[C@@H](CC(=O)N[C@@H]2CCS(=O)(=O)C2)C1=O. The average molecular weight is 409 g/mol. The summed E-state index contributed by atoms with van der Waals surface area (Å²) in [4.78, 5) is 37.9. The molecule has 0 aliphatic carbocycles. The molecular formula is C18H23N3O6S. The number of hydrogen-bond acceptors (Lipinski definition) is 6. The summed E-state index contributed by atoms with van der Waals surface area (Å²) < 4.78 is 28.2. The molecule has 0 bridgehead atoms. The van der Waals surface area contributed by atoms with Crippen LogP contribution in [0, 0.1) is 0 Å². The minimum Gasteiger partial charge on any atom is -0.496 e. The van der Waals surface area contributed by atoms with Crippen molar-refractivity contribution in [2.24, 2.45) is 0 Å². The molecule has 0 radical (unpaired) electrons. The number of urea groups is 1. The smallest absolute Gasteiger partial charge is 0.324 e. The quantitative estimate of drug-likeness (QED) is 0.604. The maximum atomic E-state index is 12.5. The largest absolute Gasteiger partial charge is 0.496 e. The molecule has 2 atom stereocenters. The normalized spacial score (nSPS) is 23.5. The summed E-state index contributed by atoms with van der Waals surface area (Å²) in [6.07, 6.45) is 0.582. The van der Waals surface area contributed by atoms with Gasteiger partial charge in [-0.15, -0.1) is 0 Å². The highest BCUT2D eigenvalue weighted by atomic mass is 32.2. The summed E-state index contributed by atoms with van der Waals surface area (Å²) in [5.41, 5.74) is 0.870. The van der Waals surface area contributed by atoms with E-state index in [2.05, 4.69) is 10.6 Å². The minimum absolute atomic E-state index is 0.0494. The van der Waals surface area contributed by atoms with E-state index in [1.165, 1.54) is 0 Å². The van der Waals surface area contributed by atoms with Gasteiger partial charge in [0.15, 0.2) is 9.84 Å². The van der Waals surface area contributed by atoms with Gasteiger partial charge in [-0.2, -0.15) is 0 Å². The predicted molar refractivity (Wildman–Crippen MR) is 101 cm³/mol. The van der Waals surface area contributed by atoms with Crippen molar-refractivity contribution in [2.75, 3.05) is 25.2 Å². The fourth-order valence-corrected chi connectivity index (χ4v) is 5.12. The van der Waals surface area contributed by atoms with E-state index in [0.717, 1.165) is 10.5 Å². The van der Waals surface area contributed by atoms with Crippen molar-refractivity contribution in [3.8, 4) is 5.75 Å². The molecule has 2 aliphatic rings. The van der Waals surface area contributed by atoms with Gasteiger partial charge < -0.3 is 15.4 Å². The molecule has 1 aromatic rings. The fourth-order valence-electron chi connectivity index (χ4n) is 3.45. The molecule has 3 rings (SSSR count). The van der Waals surface area contributed by atoms with Crippen molar-refractivity contribution < 1.29 is 27.5 Å². The highest BCUT2D eigenvalue weighted by molar-refractivity contribution is 7.91. The molecule has 152 valence electrons. The number of para-hydroxylation sites is 1. The summed E-state index contributed by atoms with van der Waals surface area (Å²) in [6, 6.07) is 5.42. The van der Waals surface area contributed by atoms with Gasteiger partial charge in [-0.1, -0.05) is 18.2 Å². The van der Waals surface area contributed by atoms with Crippen molar-refractivity contribution in [1.82, 2.24) is 15.5 Å². The molecule has 0 spiro atoms. The zero-order valence-electron chi connectivity index (χ0n) is 15.5. The minimum atomic E-state index is -3.11. The summed E-state index contributed by atoms with van der Waals surface area (Å²) in [7, 11) is -1.55. The Kier molecular flexibility index (Phi) is 5.87. The number of nitrogens with one attached hydrogen (secondary N) is 2. The lowest BCUT2D eigenvalue weighted by Gasteiger charge is -2.15. The van der Waals surface area contributed by atoms with E-state index in [4.69, 9.17) is 4.74 Å². The lowest BCUT2D eigenvalue weighted by Crippen LogP contribution is -2.41. The molecule has 2 fully saturated rings. The number of rotatable bonds is 7. The van der Waals surface area contributed by atoms with Crippen molar-refractivity contribution >= 4 is 27.7 Å². The maximum Gasteiger partial charge on any atom is 0.324 e. The van der Waals surface area contributed by atoms with Gasteiger partial charge in [-0.05, 0) is 24.5 Å². The number of methoxy groups -OCH3 is 1. The maximum absolute atomic E-state index is 12.5. The van der Waals surface area contributed by atoms with Gasteiger partial charge in [0.05, 0.1) is 25.0 Å². The predicted octanol–water partition coefficient (Wildman–Crippen LogP) is -0.148. The molecule has 2 saturated heterocycles. The van der Waals surface area contributed by atoms with E-state index in [9.17, 15) is 22.8 Å². The second kappa shape index (κ2) is 8.17. The van der Waals surface area contributed by atoms with Gasteiger partial charge in [0.2, 0.25) is 5.91 Å². The molecule has 0 saturated carbocycles. The van der Waals surface area contributed by atoms with Crippen molar-refractivity contribution in [2.45, 2.75) is 31.3 Å². The monoisotopic (exact) mass is 409 g/mol. The van der Waals surface area contributed by atoms with Crippen LogP contribution in [-0.4, -0.2) is 68.4 Å². The topological polar surface area (TPSA) is 122 Å². The molecule has 0 aromatic heterocycles.